The molecule has 3 N–H and O–H groups in total. The number of hydrogen-bond acceptors (Lipinski definition) is 4. The first-order valence-corrected chi connectivity index (χ1v) is 9.62. The summed E-state index contributed by atoms with van der Waals surface area (Å²) in [4.78, 5) is 32.7. The van der Waals surface area contributed by atoms with Crippen LogP contribution in [0.4, 0.5) is 5.95 Å². The first kappa shape index (κ1) is 20.7. The monoisotopic (exact) mass is 414 g/mol. The van der Waals surface area contributed by atoms with Crippen LogP contribution in [0.15, 0.2) is 42.5 Å². The molecule has 0 aliphatic rings. The summed E-state index contributed by atoms with van der Waals surface area (Å²) >= 11 is 6.21. The summed E-state index contributed by atoms with van der Waals surface area (Å²) in [6.07, 6.45) is 0.0595. The standard InChI is InChI=1S/C21H23ClN4O3/c1-12(2)19(20(28)26-21-23-16-6-4-5-7-17(16)24-21)25-18(27)10-13-8-9-14(29-3)11-15(13)22/h4-9,11-12,19H,10H2,1-3H3,(H,25,27)(H2,23,24,26,28). The van der Waals surface area contributed by atoms with E-state index in [9.17, 15) is 9.59 Å². The van der Waals surface area contributed by atoms with Crippen molar-refractivity contribution in [2.45, 2.75) is 26.3 Å². The molecule has 1 unspecified atom stereocenters. The molecule has 1 heterocycles. The van der Waals surface area contributed by atoms with Gasteiger partial charge in [-0.3, -0.25) is 14.9 Å². The highest BCUT2D eigenvalue weighted by molar-refractivity contribution is 6.31. The van der Waals surface area contributed by atoms with Crippen molar-refractivity contribution in [1.29, 1.82) is 0 Å². The van der Waals surface area contributed by atoms with E-state index in [1.807, 2.05) is 38.1 Å². The van der Waals surface area contributed by atoms with E-state index in [-0.39, 0.29) is 24.2 Å². The van der Waals surface area contributed by atoms with Crippen LogP contribution in [-0.2, 0) is 16.0 Å². The van der Waals surface area contributed by atoms with Gasteiger partial charge in [-0.1, -0.05) is 43.6 Å². The number of benzene rings is 2. The van der Waals surface area contributed by atoms with Gasteiger partial charge in [0.05, 0.1) is 24.6 Å². The molecule has 2 aromatic carbocycles. The minimum absolute atomic E-state index is 0.0595. The second-order valence-electron chi connectivity index (χ2n) is 7.02. The van der Waals surface area contributed by atoms with E-state index in [4.69, 9.17) is 16.3 Å². The second-order valence-corrected chi connectivity index (χ2v) is 7.42. The number of fused-ring (bicyclic) bond motifs is 1. The average Bonchev–Trinajstić information content (AvgIpc) is 3.09. The molecule has 0 fully saturated rings. The third-order valence-electron chi connectivity index (χ3n) is 4.51. The Morgan fingerprint density at radius 3 is 2.62 bits per heavy atom. The number of nitrogens with one attached hydrogen (secondary N) is 3. The van der Waals surface area contributed by atoms with Gasteiger partial charge in [0.2, 0.25) is 17.8 Å². The molecule has 152 valence electrons. The van der Waals surface area contributed by atoms with Crippen LogP contribution in [0.5, 0.6) is 5.75 Å². The Kier molecular flexibility index (Phi) is 6.39. The maximum absolute atomic E-state index is 12.7. The number of amides is 2. The average molecular weight is 415 g/mol. The zero-order valence-electron chi connectivity index (χ0n) is 16.5. The van der Waals surface area contributed by atoms with Crippen molar-refractivity contribution in [2.24, 2.45) is 5.92 Å². The van der Waals surface area contributed by atoms with Crippen molar-refractivity contribution in [2.75, 3.05) is 12.4 Å². The van der Waals surface area contributed by atoms with Crippen LogP contribution < -0.4 is 15.4 Å². The lowest BCUT2D eigenvalue weighted by Crippen LogP contribution is -2.47. The number of aromatic nitrogens is 2. The predicted octanol–water partition coefficient (Wildman–Crippen LogP) is 3.55. The SMILES string of the molecule is COc1ccc(CC(=O)NC(C(=O)Nc2nc3ccccc3[nH]2)C(C)C)c(Cl)c1. The van der Waals surface area contributed by atoms with Gasteiger partial charge in [0.1, 0.15) is 11.8 Å². The molecule has 3 rings (SSSR count). The van der Waals surface area contributed by atoms with Gasteiger partial charge in [0.15, 0.2) is 0 Å². The first-order chi connectivity index (χ1) is 13.9. The second kappa shape index (κ2) is 8.96. The highest BCUT2D eigenvalue weighted by Crippen LogP contribution is 2.23. The van der Waals surface area contributed by atoms with Crippen LogP contribution in [0.1, 0.15) is 19.4 Å². The van der Waals surface area contributed by atoms with Gasteiger partial charge in [-0.05, 0) is 35.7 Å². The van der Waals surface area contributed by atoms with Crippen molar-refractivity contribution in [3.8, 4) is 5.75 Å². The number of anilines is 1. The summed E-state index contributed by atoms with van der Waals surface area (Å²) in [5.74, 6) is 0.206. The smallest absolute Gasteiger partial charge is 0.249 e. The number of imidazole rings is 1. The van der Waals surface area contributed by atoms with Crippen LogP contribution in [-0.4, -0.2) is 34.9 Å². The number of nitrogens with zero attached hydrogens (tertiary/aromatic N) is 1. The van der Waals surface area contributed by atoms with Gasteiger partial charge >= 0.3 is 0 Å². The normalized spacial score (nSPS) is 12.0. The van der Waals surface area contributed by atoms with E-state index in [0.29, 0.717) is 22.3 Å². The number of halogens is 1. The molecule has 7 nitrogen and oxygen atoms in total. The molecule has 0 aliphatic heterocycles. The molecule has 3 aromatic rings. The number of rotatable bonds is 7. The molecular formula is C21H23ClN4O3. The van der Waals surface area contributed by atoms with Crippen LogP contribution >= 0.6 is 11.6 Å². The topological polar surface area (TPSA) is 96.1 Å². The predicted molar refractivity (Wildman–Crippen MR) is 113 cm³/mol. The van der Waals surface area contributed by atoms with Crippen molar-refractivity contribution in [1.82, 2.24) is 15.3 Å². The molecule has 0 saturated carbocycles. The van der Waals surface area contributed by atoms with Crippen LogP contribution in [0.3, 0.4) is 0 Å². The Morgan fingerprint density at radius 2 is 1.97 bits per heavy atom. The van der Waals surface area contributed by atoms with Crippen LogP contribution in [0.2, 0.25) is 5.02 Å². The zero-order chi connectivity index (χ0) is 21.0. The van der Waals surface area contributed by atoms with Crippen molar-refractivity contribution in [3.05, 3.63) is 53.1 Å². The Balaban J connectivity index is 1.67. The Bertz CT molecular complexity index is 999. The minimum atomic E-state index is -0.715. The molecule has 2 amide bonds. The first-order valence-electron chi connectivity index (χ1n) is 9.24. The lowest BCUT2D eigenvalue weighted by molar-refractivity contribution is -0.127. The number of aromatic amines is 1. The summed E-state index contributed by atoms with van der Waals surface area (Å²) in [5.41, 5.74) is 2.23. The molecule has 29 heavy (non-hydrogen) atoms. The third-order valence-corrected chi connectivity index (χ3v) is 4.86. The maximum Gasteiger partial charge on any atom is 0.249 e. The van der Waals surface area contributed by atoms with Gasteiger partial charge in [0.25, 0.3) is 0 Å². The van der Waals surface area contributed by atoms with E-state index in [1.54, 1.807) is 25.3 Å². The quantitative estimate of drug-likeness (QED) is 0.550. The summed E-state index contributed by atoms with van der Waals surface area (Å²) in [5, 5.41) is 5.97. The van der Waals surface area contributed by atoms with Crippen molar-refractivity contribution < 1.29 is 14.3 Å². The lowest BCUT2D eigenvalue weighted by atomic mass is 10.0. The van der Waals surface area contributed by atoms with E-state index in [2.05, 4.69) is 20.6 Å². The fourth-order valence-corrected chi connectivity index (χ4v) is 3.17. The molecule has 0 radical (unpaired) electrons. The van der Waals surface area contributed by atoms with E-state index in [1.165, 1.54) is 0 Å². The fraction of sp³-hybridized carbons (Fsp3) is 0.286. The van der Waals surface area contributed by atoms with Gasteiger partial charge in [0, 0.05) is 5.02 Å². The Hall–Kier alpha value is -3.06. The number of methoxy groups -OCH3 is 1. The van der Waals surface area contributed by atoms with E-state index >= 15 is 0 Å². The molecule has 0 bridgehead atoms. The van der Waals surface area contributed by atoms with Gasteiger partial charge in [-0.25, -0.2) is 4.98 Å². The lowest BCUT2D eigenvalue weighted by Gasteiger charge is -2.21. The van der Waals surface area contributed by atoms with Gasteiger partial charge in [-0.15, -0.1) is 0 Å². The Morgan fingerprint density at radius 1 is 1.21 bits per heavy atom. The van der Waals surface area contributed by atoms with Crippen molar-refractivity contribution in [3.63, 3.8) is 0 Å². The van der Waals surface area contributed by atoms with Crippen molar-refractivity contribution >= 4 is 40.4 Å². The summed E-state index contributed by atoms with van der Waals surface area (Å²) < 4.78 is 5.11. The Labute approximate surface area is 173 Å². The number of carbonyl (C=O) groups excluding carboxylic acids is 2. The van der Waals surface area contributed by atoms with Crippen LogP contribution in [0, 0.1) is 5.92 Å². The number of hydrogen-bond donors (Lipinski definition) is 3. The van der Waals surface area contributed by atoms with E-state index < -0.39 is 6.04 Å². The summed E-state index contributed by atoms with van der Waals surface area (Å²) in [6, 6.07) is 11.9. The summed E-state index contributed by atoms with van der Waals surface area (Å²) in [7, 11) is 1.55. The van der Waals surface area contributed by atoms with Gasteiger partial charge < -0.3 is 15.0 Å². The van der Waals surface area contributed by atoms with E-state index in [0.717, 1.165) is 11.0 Å². The molecule has 8 heteroatoms. The highest BCUT2D eigenvalue weighted by Gasteiger charge is 2.25. The largest absolute Gasteiger partial charge is 0.497 e. The number of H-pyrrole nitrogens is 1. The maximum atomic E-state index is 12.7. The number of para-hydroxylation sites is 2. The summed E-state index contributed by atoms with van der Waals surface area (Å²) in [6.45, 7) is 3.73. The highest BCUT2D eigenvalue weighted by atomic mass is 35.5. The molecule has 0 aliphatic carbocycles. The molecule has 1 atom stereocenters. The molecule has 0 saturated heterocycles. The molecular weight excluding hydrogens is 392 g/mol. The van der Waals surface area contributed by atoms with Gasteiger partial charge in [-0.2, -0.15) is 0 Å². The zero-order valence-corrected chi connectivity index (χ0v) is 17.2. The fourth-order valence-electron chi connectivity index (χ4n) is 2.94. The third kappa shape index (κ3) is 5.06. The van der Waals surface area contributed by atoms with Crippen LogP contribution in [0.25, 0.3) is 11.0 Å². The number of ether oxygens (including phenoxy) is 1. The minimum Gasteiger partial charge on any atom is -0.497 e. The molecule has 0 spiro atoms. The molecule has 1 aromatic heterocycles. The number of carbonyl (C=O) groups is 2.